The Balaban J connectivity index is 1.71. The molecule has 0 saturated heterocycles. The third-order valence-corrected chi connectivity index (χ3v) is 3.42. The van der Waals surface area contributed by atoms with E-state index in [-0.39, 0.29) is 5.75 Å². The summed E-state index contributed by atoms with van der Waals surface area (Å²) in [5.74, 6) is 1.11. The van der Waals surface area contributed by atoms with Crippen LogP contribution in [0.15, 0.2) is 47.5 Å². The first kappa shape index (κ1) is 18.4. The van der Waals surface area contributed by atoms with Crippen LogP contribution in [-0.2, 0) is 6.54 Å². The average Bonchev–Trinajstić information content (AvgIpc) is 2.64. The van der Waals surface area contributed by atoms with Gasteiger partial charge in [0.15, 0.2) is 17.5 Å². The van der Waals surface area contributed by atoms with E-state index in [0.29, 0.717) is 31.2 Å². The SMILES string of the molecule is CN=C(NCCOc1ccc(OC)cc1)NCc1ccc(O)c(F)c1. The molecule has 0 radical (unpaired) electrons. The van der Waals surface area contributed by atoms with Crippen LogP contribution in [0.25, 0.3) is 0 Å². The molecular weight excluding hydrogens is 325 g/mol. The summed E-state index contributed by atoms with van der Waals surface area (Å²) < 4.78 is 24.0. The summed E-state index contributed by atoms with van der Waals surface area (Å²) in [4.78, 5) is 4.09. The van der Waals surface area contributed by atoms with Gasteiger partial charge in [-0.3, -0.25) is 4.99 Å². The standard InChI is InChI=1S/C18H22FN3O3/c1-20-18(22-12-13-3-8-17(23)16(19)11-13)21-9-10-25-15-6-4-14(24-2)5-7-15/h3-8,11,23H,9-10,12H2,1-2H3,(H2,20,21,22). The smallest absolute Gasteiger partial charge is 0.191 e. The van der Waals surface area contributed by atoms with Crippen LogP contribution in [0.4, 0.5) is 4.39 Å². The van der Waals surface area contributed by atoms with E-state index >= 15 is 0 Å². The fourth-order valence-electron chi connectivity index (χ4n) is 2.08. The lowest BCUT2D eigenvalue weighted by Gasteiger charge is -2.13. The third kappa shape index (κ3) is 5.87. The van der Waals surface area contributed by atoms with E-state index in [4.69, 9.17) is 9.47 Å². The topological polar surface area (TPSA) is 75.1 Å². The third-order valence-electron chi connectivity index (χ3n) is 3.42. The molecule has 0 saturated carbocycles. The van der Waals surface area contributed by atoms with Crippen LogP contribution < -0.4 is 20.1 Å². The van der Waals surface area contributed by atoms with Crippen molar-refractivity contribution in [3.63, 3.8) is 0 Å². The maximum Gasteiger partial charge on any atom is 0.191 e. The molecule has 7 heteroatoms. The number of nitrogens with zero attached hydrogens (tertiary/aromatic N) is 1. The van der Waals surface area contributed by atoms with Crippen molar-refractivity contribution < 1.29 is 19.0 Å². The first-order valence-corrected chi connectivity index (χ1v) is 7.81. The summed E-state index contributed by atoms with van der Waals surface area (Å²) >= 11 is 0. The predicted molar refractivity (Wildman–Crippen MR) is 94.8 cm³/mol. The number of benzene rings is 2. The van der Waals surface area contributed by atoms with Gasteiger partial charge in [-0.15, -0.1) is 0 Å². The highest BCUT2D eigenvalue weighted by molar-refractivity contribution is 5.79. The van der Waals surface area contributed by atoms with Crippen LogP contribution in [0.3, 0.4) is 0 Å². The van der Waals surface area contributed by atoms with Crippen molar-refractivity contribution >= 4 is 5.96 Å². The van der Waals surface area contributed by atoms with Crippen LogP contribution in [-0.4, -0.2) is 38.4 Å². The van der Waals surface area contributed by atoms with E-state index in [0.717, 1.165) is 11.5 Å². The van der Waals surface area contributed by atoms with Crippen molar-refractivity contribution in [2.24, 2.45) is 4.99 Å². The first-order chi connectivity index (χ1) is 12.1. The second-order valence-electron chi connectivity index (χ2n) is 5.16. The minimum Gasteiger partial charge on any atom is -0.505 e. The number of phenols is 1. The van der Waals surface area contributed by atoms with Crippen LogP contribution in [0, 0.1) is 5.82 Å². The van der Waals surface area contributed by atoms with Crippen LogP contribution >= 0.6 is 0 Å². The number of guanidine groups is 1. The highest BCUT2D eigenvalue weighted by atomic mass is 19.1. The average molecular weight is 347 g/mol. The van der Waals surface area contributed by atoms with Crippen LogP contribution in [0.1, 0.15) is 5.56 Å². The van der Waals surface area contributed by atoms with Gasteiger partial charge >= 0.3 is 0 Å². The molecule has 6 nitrogen and oxygen atoms in total. The van der Waals surface area contributed by atoms with Crippen molar-refractivity contribution in [1.82, 2.24) is 10.6 Å². The molecule has 0 aliphatic rings. The van der Waals surface area contributed by atoms with Gasteiger partial charge in [0.25, 0.3) is 0 Å². The Hall–Kier alpha value is -2.96. The second kappa shape index (κ2) is 9.36. The van der Waals surface area contributed by atoms with Gasteiger partial charge in [0, 0.05) is 13.6 Å². The molecule has 0 unspecified atom stereocenters. The molecule has 0 aliphatic heterocycles. The van der Waals surface area contributed by atoms with Crippen LogP contribution in [0.2, 0.25) is 0 Å². The Bertz CT molecular complexity index is 705. The lowest BCUT2D eigenvalue weighted by atomic mass is 10.2. The van der Waals surface area contributed by atoms with Gasteiger partial charge in [0.05, 0.1) is 13.7 Å². The highest BCUT2D eigenvalue weighted by Crippen LogP contribution is 2.17. The molecule has 0 amide bonds. The zero-order valence-electron chi connectivity index (χ0n) is 14.3. The molecule has 0 heterocycles. The van der Waals surface area contributed by atoms with Crippen molar-refractivity contribution in [3.05, 3.63) is 53.8 Å². The summed E-state index contributed by atoms with van der Waals surface area (Å²) in [6, 6.07) is 11.6. The van der Waals surface area contributed by atoms with Gasteiger partial charge in [-0.05, 0) is 42.0 Å². The highest BCUT2D eigenvalue weighted by Gasteiger charge is 2.03. The minimum atomic E-state index is -0.643. The molecule has 0 atom stereocenters. The number of nitrogens with one attached hydrogen (secondary N) is 2. The van der Waals surface area contributed by atoms with Gasteiger partial charge in [-0.2, -0.15) is 0 Å². The van der Waals surface area contributed by atoms with Crippen molar-refractivity contribution in [2.45, 2.75) is 6.54 Å². The Morgan fingerprint density at radius 3 is 2.48 bits per heavy atom. The molecule has 25 heavy (non-hydrogen) atoms. The minimum absolute atomic E-state index is 0.359. The predicted octanol–water partition coefficient (Wildman–Crippen LogP) is 2.28. The van der Waals surface area contributed by atoms with E-state index in [1.807, 2.05) is 24.3 Å². The van der Waals surface area contributed by atoms with E-state index in [9.17, 15) is 9.50 Å². The lowest BCUT2D eigenvalue weighted by molar-refractivity contribution is 0.321. The number of rotatable bonds is 7. The number of phenolic OH excluding ortho intramolecular Hbond substituents is 1. The quantitative estimate of drug-likeness (QED) is 0.407. The van der Waals surface area contributed by atoms with Crippen molar-refractivity contribution in [3.8, 4) is 17.2 Å². The Labute approximate surface area is 146 Å². The molecule has 0 aromatic heterocycles. The van der Waals surface area contributed by atoms with Gasteiger partial charge < -0.3 is 25.2 Å². The zero-order chi connectivity index (χ0) is 18.1. The number of hydrogen-bond acceptors (Lipinski definition) is 4. The van der Waals surface area contributed by atoms with Crippen molar-refractivity contribution in [2.75, 3.05) is 27.3 Å². The number of aromatic hydroxyl groups is 1. The lowest BCUT2D eigenvalue weighted by Crippen LogP contribution is -2.38. The fourth-order valence-corrected chi connectivity index (χ4v) is 2.08. The number of aliphatic imine (C=N–C) groups is 1. The molecule has 2 aromatic rings. The van der Waals surface area contributed by atoms with E-state index < -0.39 is 5.82 Å². The van der Waals surface area contributed by atoms with E-state index in [1.54, 1.807) is 20.2 Å². The monoisotopic (exact) mass is 347 g/mol. The second-order valence-corrected chi connectivity index (χ2v) is 5.16. The normalized spacial score (nSPS) is 11.1. The van der Waals surface area contributed by atoms with Gasteiger partial charge in [0.2, 0.25) is 0 Å². The Morgan fingerprint density at radius 1 is 1.12 bits per heavy atom. The van der Waals surface area contributed by atoms with Crippen LogP contribution in [0.5, 0.6) is 17.2 Å². The molecular formula is C18H22FN3O3. The fraction of sp³-hybridized carbons (Fsp3) is 0.278. The number of halogens is 1. The molecule has 3 N–H and O–H groups in total. The molecule has 0 fully saturated rings. The molecule has 2 rings (SSSR count). The molecule has 2 aromatic carbocycles. The number of methoxy groups -OCH3 is 1. The maximum absolute atomic E-state index is 13.3. The van der Waals surface area contributed by atoms with E-state index in [1.165, 1.54) is 12.1 Å². The molecule has 0 bridgehead atoms. The summed E-state index contributed by atoms with van der Waals surface area (Å²) in [6.45, 7) is 1.40. The summed E-state index contributed by atoms with van der Waals surface area (Å²) in [7, 11) is 3.27. The largest absolute Gasteiger partial charge is 0.505 e. The molecule has 134 valence electrons. The number of hydrogen-bond donors (Lipinski definition) is 3. The Morgan fingerprint density at radius 2 is 1.84 bits per heavy atom. The zero-order valence-corrected chi connectivity index (χ0v) is 14.3. The summed E-state index contributed by atoms with van der Waals surface area (Å²) in [5.41, 5.74) is 0.702. The summed E-state index contributed by atoms with van der Waals surface area (Å²) in [5, 5.41) is 15.4. The van der Waals surface area contributed by atoms with E-state index in [2.05, 4.69) is 15.6 Å². The molecule has 0 aliphatic carbocycles. The maximum atomic E-state index is 13.3. The van der Waals surface area contributed by atoms with Gasteiger partial charge in [0.1, 0.15) is 18.1 Å². The Kier molecular flexibility index (Phi) is 6.88. The van der Waals surface area contributed by atoms with Gasteiger partial charge in [-0.25, -0.2) is 4.39 Å². The van der Waals surface area contributed by atoms with Crippen molar-refractivity contribution in [1.29, 1.82) is 0 Å². The summed E-state index contributed by atoms with van der Waals surface area (Å²) in [6.07, 6.45) is 0. The number of ether oxygens (including phenoxy) is 2. The first-order valence-electron chi connectivity index (χ1n) is 7.81. The van der Waals surface area contributed by atoms with Gasteiger partial charge in [-0.1, -0.05) is 6.07 Å². The molecule has 0 spiro atoms.